The van der Waals surface area contributed by atoms with Gasteiger partial charge >= 0.3 is 0 Å². The van der Waals surface area contributed by atoms with Crippen LogP contribution in [0.4, 0.5) is 0 Å². The number of halogens is 1. The minimum atomic E-state index is 0.958. The van der Waals surface area contributed by atoms with Gasteiger partial charge in [-0.2, -0.15) is 0 Å². The molecule has 0 spiro atoms. The quantitative estimate of drug-likeness (QED) is 0.759. The summed E-state index contributed by atoms with van der Waals surface area (Å²) in [6, 6.07) is 8.63. The first-order valence-corrected chi connectivity index (χ1v) is 7.99. The van der Waals surface area contributed by atoms with E-state index in [1.54, 1.807) is 0 Å². The highest BCUT2D eigenvalue weighted by molar-refractivity contribution is 9.11. The second-order valence-corrected chi connectivity index (χ2v) is 6.87. The molecule has 0 fully saturated rings. The van der Waals surface area contributed by atoms with Gasteiger partial charge in [0.1, 0.15) is 0 Å². The lowest BCUT2D eigenvalue weighted by Gasteiger charge is -2.08. The van der Waals surface area contributed by atoms with Crippen molar-refractivity contribution in [2.45, 2.75) is 32.9 Å². The van der Waals surface area contributed by atoms with Gasteiger partial charge in [-0.15, -0.1) is 11.3 Å². The molecule has 1 N–H and O–H groups in total. The zero-order chi connectivity index (χ0) is 12.8. The molecule has 0 aliphatic heterocycles. The lowest BCUT2D eigenvalue weighted by atomic mass is 10.3. The molecule has 0 aromatic carbocycles. The summed E-state index contributed by atoms with van der Waals surface area (Å²) in [5, 5.41) is 3.51. The van der Waals surface area contributed by atoms with Gasteiger partial charge in [0.05, 0.1) is 3.79 Å². The standard InChI is InChI=1S/C14H19BrN2S/c1-2-9-17-10-3-4-12(17)11-16-8-7-13-5-6-14(15)18-13/h3-6,10,16H,2,7-9,11H2,1H3. The Morgan fingerprint density at radius 1 is 1.33 bits per heavy atom. The molecular formula is C14H19BrN2S. The predicted octanol–water partition coefficient (Wildman–Crippen LogP) is 4.05. The van der Waals surface area contributed by atoms with Crippen LogP contribution in [0.15, 0.2) is 34.2 Å². The van der Waals surface area contributed by atoms with Gasteiger partial charge < -0.3 is 9.88 Å². The van der Waals surface area contributed by atoms with Crippen molar-refractivity contribution < 1.29 is 0 Å². The number of rotatable bonds is 7. The van der Waals surface area contributed by atoms with Crippen LogP contribution in [0.1, 0.15) is 23.9 Å². The molecule has 2 nitrogen and oxygen atoms in total. The minimum Gasteiger partial charge on any atom is -0.350 e. The van der Waals surface area contributed by atoms with Crippen LogP contribution >= 0.6 is 27.3 Å². The van der Waals surface area contributed by atoms with Crippen LogP contribution in [0.2, 0.25) is 0 Å². The van der Waals surface area contributed by atoms with Gasteiger partial charge in [0, 0.05) is 36.4 Å². The first-order valence-electron chi connectivity index (χ1n) is 6.38. The van der Waals surface area contributed by atoms with Crippen molar-refractivity contribution in [1.29, 1.82) is 0 Å². The number of aromatic nitrogens is 1. The fourth-order valence-electron chi connectivity index (χ4n) is 1.98. The molecule has 0 unspecified atom stereocenters. The maximum atomic E-state index is 3.51. The topological polar surface area (TPSA) is 17.0 Å². The van der Waals surface area contributed by atoms with Gasteiger partial charge in [-0.1, -0.05) is 6.92 Å². The largest absolute Gasteiger partial charge is 0.350 e. The fraction of sp³-hybridized carbons (Fsp3) is 0.429. The molecule has 0 aliphatic rings. The van der Waals surface area contributed by atoms with Crippen LogP contribution in [0, 0.1) is 0 Å². The summed E-state index contributed by atoms with van der Waals surface area (Å²) in [5.41, 5.74) is 1.38. The lowest BCUT2D eigenvalue weighted by molar-refractivity contribution is 0.603. The number of aryl methyl sites for hydroxylation is 1. The number of hydrogen-bond acceptors (Lipinski definition) is 2. The summed E-state index contributed by atoms with van der Waals surface area (Å²) in [7, 11) is 0. The zero-order valence-corrected chi connectivity index (χ0v) is 13.1. The van der Waals surface area contributed by atoms with Crippen LogP contribution in [-0.2, 0) is 19.5 Å². The van der Waals surface area contributed by atoms with E-state index in [4.69, 9.17) is 0 Å². The SMILES string of the molecule is CCCn1cccc1CNCCc1ccc(Br)s1. The van der Waals surface area contributed by atoms with Crippen LogP contribution in [0.25, 0.3) is 0 Å². The van der Waals surface area contributed by atoms with Crippen molar-refractivity contribution in [3.63, 3.8) is 0 Å². The summed E-state index contributed by atoms with van der Waals surface area (Å²) in [4.78, 5) is 1.43. The maximum Gasteiger partial charge on any atom is 0.0701 e. The van der Waals surface area contributed by atoms with Crippen molar-refractivity contribution in [2.24, 2.45) is 0 Å². The zero-order valence-electron chi connectivity index (χ0n) is 10.7. The summed E-state index contributed by atoms with van der Waals surface area (Å²) in [6.45, 7) is 5.32. The van der Waals surface area contributed by atoms with Gasteiger partial charge in [-0.05, 0) is 53.0 Å². The van der Waals surface area contributed by atoms with Gasteiger partial charge in [0.15, 0.2) is 0 Å². The van der Waals surface area contributed by atoms with Crippen molar-refractivity contribution >= 4 is 27.3 Å². The third-order valence-corrected chi connectivity index (χ3v) is 4.55. The van der Waals surface area contributed by atoms with E-state index in [0.29, 0.717) is 0 Å². The van der Waals surface area contributed by atoms with E-state index in [-0.39, 0.29) is 0 Å². The Morgan fingerprint density at radius 2 is 2.22 bits per heavy atom. The molecule has 0 aliphatic carbocycles. The first kappa shape index (κ1) is 13.8. The fourth-order valence-corrected chi connectivity index (χ4v) is 3.47. The predicted molar refractivity (Wildman–Crippen MR) is 82.2 cm³/mol. The molecule has 0 radical (unpaired) electrons. The van der Waals surface area contributed by atoms with Gasteiger partial charge in [0.25, 0.3) is 0 Å². The Kier molecular flexibility index (Phi) is 5.47. The van der Waals surface area contributed by atoms with Crippen LogP contribution in [-0.4, -0.2) is 11.1 Å². The minimum absolute atomic E-state index is 0.958. The molecule has 0 amide bonds. The van der Waals surface area contributed by atoms with Crippen LogP contribution in [0.3, 0.4) is 0 Å². The Bertz CT molecular complexity index is 476. The molecule has 2 rings (SSSR count). The number of thiophene rings is 1. The highest BCUT2D eigenvalue weighted by atomic mass is 79.9. The molecule has 0 saturated heterocycles. The van der Waals surface area contributed by atoms with E-state index in [0.717, 1.165) is 26.1 Å². The molecule has 4 heteroatoms. The lowest BCUT2D eigenvalue weighted by Crippen LogP contribution is -2.18. The molecule has 2 aromatic rings. The molecule has 0 bridgehead atoms. The second kappa shape index (κ2) is 7.12. The summed E-state index contributed by atoms with van der Waals surface area (Å²) in [6.07, 6.45) is 4.45. The van der Waals surface area contributed by atoms with Gasteiger partial charge in [-0.25, -0.2) is 0 Å². The normalized spacial score (nSPS) is 11.0. The average molecular weight is 327 g/mol. The first-order chi connectivity index (χ1) is 8.79. The van der Waals surface area contributed by atoms with E-state index >= 15 is 0 Å². The monoisotopic (exact) mass is 326 g/mol. The number of hydrogen-bond donors (Lipinski definition) is 1. The molecule has 0 atom stereocenters. The summed E-state index contributed by atoms with van der Waals surface area (Å²) < 4.78 is 3.55. The molecule has 2 aromatic heterocycles. The van der Waals surface area contributed by atoms with E-state index in [1.807, 2.05) is 11.3 Å². The molecular weight excluding hydrogens is 308 g/mol. The second-order valence-electron chi connectivity index (χ2n) is 4.33. The van der Waals surface area contributed by atoms with Crippen molar-refractivity contribution in [3.05, 3.63) is 44.8 Å². The third kappa shape index (κ3) is 3.97. The number of nitrogens with one attached hydrogen (secondary N) is 1. The smallest absolute Gasteiger partial charge is 0.0701 e. The van der Waals surface area contributed by atoms with Gasteiger partial charge in [-0.3, -0.25) is 0 Å². The molecule has 98 valence electrons. The molecule has 18 heavy (non-hydrogen) atoms. The molecule has 2 heterocycles. The van der Waals surface area contributed by atoms with E-state index < -0.39 is 0 Å². The summed E-state index contributed by atoms with van der Waals surface area (Å²) >= 11 is 5.31. The maximum absolute atomic E-state index is 3.51. The Balaban J connectivity index is 1.73. The molecule has 0 saturated carbocycles. The van der Waals surface area contributed by atoms with Crippen molar-refractivity contribution in [3.8, 4) is 0 Å². The number of nitrogens with zero attached hydrogens (tertiary/aromatic N) is 1. The van der Waals surface area contributed by atoms with Gasteiger partial charge in [0.2, 0.25) is 0 Å². The average Bonchev–Trinajstić information content (AvgIpc) is 2.95. The van der Waals surface area contributed by atoms with Crippen LogP contribution in [0.5, 0.6) is 0 Å². The Morgan fingerprint density at radius 3 is 2.94 bits per heavy atom. The van der Waals surface area contributed by atoms with E-state index in [2.05, 4.69) is 63.2 Å². The van der Waals surface area contributed by atoms with Crippen LogP contribution < -0.4 is 5.32 Å². The summed E-state index contributed by atoms with van der Waals surface area (Å²) in [5.74, 6) is 0. The van der Waals surface area contributed by atoms with Crippen molar-refractivity contribution in [1.82, 2.24) is 9.88 Å². The Labute approximate surface area is 121 Å². The Hall–Kier alpha value is -0.580. The third-order valence-electron chi connectivity index (χ3n) is 2.87. The van der Waals surface area contributed by atoms with E-state index in [1.165, 1.54) is 20.8 Å². The highest BCUT2D eigenvalue weighted by Crippen LogP contribution is 2.22. The van der Waals surface area contributed by atoms with Crippen molar-refractivity contribution in [2.75, 3.05) is 6.54 Å². The highest BCUT2D eigenvalue weighted by Gasteiger charge is 2.00. The van der Waals surface area contributed by atoms with E-state index in [9.17, 15) is 0 Å².